The zero-order valence-electron chi connectivity index (χ0n) is 19.6. The summed E-state index contributed by atoms with van der Waals surface area (Å²) in [6.45, 7) is 4.71. The van der Waals surface area contributed by atoms with E-state index < -0.39 is 15.9 Å². The monoisotopic (exact) mass is 482 g/mol. The number of aryl methyl sites for hydroxylation is 2. The third-order valence-corrected chi connectivity index (χ3v) is 8.10. The quantitative estimate of drug-likeness (QED) is 0.475. The van der Waals surface area contributed by atoms with Gasteiger partial charge in [-0.2, -0.15) is 4.31 Å². The molecule has 0 bridgehead atoms. The largest absolute Gasteiger partial charge is 0.403 e. The van der Waals surface area contributed by atoms with Crippen LogP contribution in [-0.4, -0.2) is 41.9 Å². The molecule has 4 rings (SSSR count). The number of carbonyl (C=O) groups is 1. The van der Waals surface area contributed by atoms with E-state index in [1.54, 1.807) is 0 Å². The highest BCUT2D eigenvalue weighted by molar-refractivity contribution is 7.89. The number of anilines is 1. The van der Waals surface area contributed by atoms with Gasteiger partial charge in [-0.25, -0.2) is 8.42 Å². The van der Waals surface area contributed by atoms with Gasteiger partial charge in [0.05, 0.1) is 4.90 Å². The van der Waals surface area contributed by atoms with Crippen LogP contribution in [0.1, 0.15) is 61.0 Å². The summed E-state index contributed by atoms with van der Waals surface area (Å²) >= 11 is 0. The Bertz CT molecular complexity index is 1250. The van der Waals surface area contributed by atoms with E-state index >= 15 is 0 Å². The normalized spacial score (nSPS) is 13.6. The van der Waals surface area contributed by atoms with Crippen LogP contribution in [0.15, 0.2) is 51.8 Å². The Morgan fingerprint density at radius 3 is 2.47 bits per heavy atom. The van der Waals surface area contributed by atoms with Crippen LogP contribution in [0.25, 0.3) is 11.5 Å². The Morgan fingerprint density at radius 1 is 1.03 bits per heavy atom. The Morgan fingerprint density at radius 2 is 1.76 bits per heavy atom. The van der Waals surface area contributed by atoms with E-state index in [2.05, 4.69) is 27.6 Å². The molecule has 0 fully saturated rings. The number of aromatic nitrogens is 2. The van der Waals surface area contributed by atoms with E-state index in [9.17, 15) is 13.2 Å². The predicted octanol–water partition coefficient (Wildman–Crippen LogP) is 4.68. The van der Waals surface area contributed by atoms with Crippen molar-refractivity contribution in [2.75, 3.05) is 18.4 Å². The number of rotatable bonds is 9. The summed E-state index contributed by atoms with van der Waals surface area (Å²) in [7, 11) is -3.60. The lowest BCUT2D eigenvalue weighted by molar-refractivity contribution is 0.102. The maximum atomic E-state index is 12.9. The average molecular weight is 483 g/mol. The maximum absolute atomic E-state index is 12.9. The van der Waals surface area contributed by atoms with Crippen molar-refractivity contribution >= 4 is 21.9 Å². The van der Waals surface area contributed by atoms with Crippen molar-refractivity contribution in [1.82, 2.24) is 14.5 Å². The number of carbonyl (C=O) groups excluding carboxylic acids is 1. The van der Waals surface area contributed by atoms with Crippen molar-refractivity contribution < 1.29 is 17.6 Å². The fourth-order valence-electron chi connectivity index (χ4n) is 4.14. The third-order valence-electron chi connectivity index (χ3n) is 6.11. The molecular weight excluding hydrogens is 452 g/mol. The molecule has 1 aliphatic carbocycles. The van der Waals surface area contributed by atoms with Gasteiger partial charge in [0.25, 0.3) is 5.91 Å². The summed E-state index contributed by atoms with van der Waals surface area (Å²) in [6, 6.07) is 12.0. The lowest BCUT2D eigenvalue weighted by Gasteiger charge is -2.20. The third kappa shape index (κ3) is 5.20. The van der Waals surface area contributed by atoms with E-state index in [0.29, 0.717) is 24.5 Å². The molecule has 1 amide bonds. The lowest BCUT2D eigenvalue weighted by atomic mass is 9.90. The maximum Gasteiger partial charge on any atom is 0.322 e. The highest BCUT2D eigenvalue weighted by Crippen LogP contribution is 2.27. The van der Waals surface area contributed by atoms with Gasteiger partial charge in [-0.1, -0.05) is 31.4 Å². The van der Waals surface area contributed by atoms with Gasteiger partial charge in [0.1, 0.15) is 0 Å². The molecule has 0 radical (unpaired) electrons. The van der Waals surface area contributed by atoms with Crippen LogP contribution in [0.5, 0.6) is 0 Å². The predicted molar refractivity (Wildman–Crippen MR) is 130 cm³/mol. The van der Waals surface area contributed by atoms with Gasteiger partial charge in [0.15, 0.2) is 0 Å². The van der Waals surface area contributed by atoms with Gasteiger partial charge >= 0.3 is 6.01 Å². The van der Waals surface area contributed by atoms with Gasteiger partial charge in [-0.05, 0) is 79.6 Å². The molecule has 0 atom stereocenters. The molecule has 0 saturated carbocycles. The van der Waals surface area contributed by atoms with Gasteiger partial charge in [0.2, 0.25) is 15.9 Å². The number of sulfonamides is 1. The molecular formula is C25H30N4O4S. The van der Waals surface area contributed by atoms with Gasteiger partial charge in [-0.15, -0.1) is 5.10 Å². The molecule has 34 heavy (non-hydrogen) atoms. The SMILES string of the molecule is CCCCN(CC)S(=O)(=O)c1ccc(C(=O)Nc2nnc(-c3ccc4c(c3)CCCC4)o2)cc1. The molecule has 3 aromatic rings. The van der Waals surface area contributed by atoms with E-state index in [1.807, 2.05) is 19.9 Å². The number of unbranched alkanes of at least 4 members (excludes halogenated alkanes) is 1. The minimum Gasteiger partial charge on any atom is -0.403 e. The molecule has 0 aliphatic heterocycles. The van der Waals surface area contributed by atoms with Crippen molar-refractivity contribution in [1.29, 1.82) is 0 Å². The van der Waals surface area contributed by atoms with Crippen LogP contribution in [0, 0.1) is 0 Å². The molecule has 0 spiro atoms. The number of benzene rings is 2. The van der Waals surface area contributed by atoms with E-state index in [0.717, 1.165) is 31.2 Å². The van der Waals surface area contributed by atoms with E-state index in [1.165, 1.54) is 52.5 Å². The fraction of sp³-hybridized carbons (Fsp3) is 0.400. The highest BCUT2D eigenvalue weighted by atomic mass is 32.2. The zero-order chi connectivity index (χ0) is 24.1. The standard InChI is InChI=1S/C25H30N4O4S/c1-3-5-16-29(4-2)34(31,32)22-14-12-19(13-15-22)23(30)26-25-28-27-24(33-25)21-11-10-18-8-6-7-9-20(18)17-21/h10-15,17H,3-9,16H2,1-2H3,(H,26,28,30). The summed E-state index contributed by atoms with van der Waals surface area (Å²) in [5, 5.41) is 10.6. The molecule has 2 aromatic carbocycles. The summed E-state index contributed by atoms with van der Waals surface area (Å²) < 4.78 is 32.8. The first-order valence-corrected chi connectivity index (χ1v) is 13.2. The van der Waals surface area contributed by atoms with Gasteiger partial charge in [0, 0.05) is 24.2 Å². The minimum atomic E-state index is -3.60. The first kappa shape index (κ1) is 24.1. The van der Waals surface area contributed by atoms with Crippen molar-refractivity contribution in [3.8, 4) is 11.5 Å². The second-order valence-electron chi connectivity index (χ2n) is 8.43. The molecule has 0 saturated heterocycles. The van der Waals surface area contributed by atoms with Crippen molar-refractivity contribution in [2.24, 2.45) is 0 Å². The fourth-order valence-corrected chi connectivity index (χ4v) is 5.62. The first-order valence-electron chi connectivity index (χ1n) is 11.8. The molecule has 180 valence electrons. The first-order chi connectivity index (χ1) is 16.4. The van der Waals surface area contributed by atoms with Crippen LogP contribution in [0.3, 0.4) is 0 Å². The number of fused-ring (bicyclic) bond motifs is 1. The van der Waals surface area contributed by atoms with Crippen molar-refractivity contribution in [2.45, 2.75) is 57.3 Å². The number of amides is 1. The summed E-state index contributed by atoms with van der Waals surface area (Å²) in [4.78, 5) is 12.8. The Labute approximate surface area is 200 Å². The van der Waals surface area contributed by atoms with E-state index in [-0.39, 0.29) is 10.9 Å². The summed E-state index contributed by atoms with van der Waals surface area (Å²) in [5.41, 5.74) is 3.79. The second kappa shape index (κ2) is 10.5. The Hall–Kier alpha value is -3.04. The van der Waals surface area contributed by atoms with Crippen LogP contribution >= 0.6 is 0 Å². The second-order valence-corrected chi connectivity index (χ2v) is 10.4. The Kier molecular flexibility index (Phi) is 7.43. The van der Waals surface area contributed by atoms with Gasteiger partial charge < -0.3 is 4.42 Å². The van der Waals surface area contributed by atoms with Crippen LogP contribution < -0.4 is 5.32 Å². The lowest BCUT2D eigenvalue weighted by Crippen LogP contribution is -2.31. The molecule has 9 heteroatoms. The van der Waals surface area contributed by atoms with E-state index in [4.69, 9.17) is 4.42 Å². The highest BCUT2D eigenvalue weighted by Gasteiger charge is 2.23. The number of nitrogens with one attached hydrogen (secondary N) is 1. The number of hydrogen-bond acceptors (Lipinski definition) is 6. The average Bonchev–Trinajstić information content (AvgIpc) is 3.32. The molecule has 1 heterocycles. The molecule has 8 nitrogen and oxygen atoms in total. The van der Waals surface area contributed by atoms with Crippen molar-refractivity contribution in [3.63, 3.8) is 0 Å². The minimum absolute atomic E-state index is 0.00820. The zero-order valence-corrected chi connectivity index (χ0v) is 20.4. The molecule has 0 unspecified atom stereocenters. The summed E-state index contributed by atoms with van der Waals surface area (Å²) in [6.07, 6.45) is 6.24. The number of hydrogen-bond donors (Lipinski definition) is 1. The molecule has 1 aromatic heterocycles. The van der Waals surface area contributed by atoms with Crippen LogP contribution in [0.2, 0.25) is 0 Å². The van der Waals surface area contributed by atoms with Crippen LogP contribution in [0.4, 0.5) is 6.01 Å². The van der Waals surface area contributed by atoms with Crippen molar-refractivity contribution in [3.05, 3.63) is 59.2 Å². The molecule has 1 aliphatic rings. The smallest absolute Gasteiger partial charge is 0.322 e. The number of nitrogens with zero attached hydrogens (tertiary/aromatic N) is 3. The van der Waals surface area contributed by atoms with Crippen LogP contribution in [-0.2, 0) is 22.9 Å². The molecule has 1 N–H and O–H groups in total. The summed E-state index contributed by atoms with van der Waals surface area (Å²) in [5.74, 6) is -0.111. The van der Waals surface area contributed by atoms with Gasteiger partial charge in [-0.3, -0.25) is 10.1 Å². The Balaban J connectivity index is 1.44. The topological polar surface area (TPSA) is 105 Å².